The Balaban J connectivity index is 1.72. The lowest BCUT2D eigenvalue weighted by molar-refractivity contribution is -0.134. The van der Waals surface area contributed by atoms with Crippen molar-refractivity contribution in [1.29, 1.82) is 0 Å². The maximum atomic E-state index is 13.1. The molecular weight excluding hydrogens is 362 g/mol. The summed E-state index contributed by atoms with van der Waals surface area (Å²) < 4.78 is 0. The molecule has 1 aliphatic heterocycles. The number of fused-ring (bicyclic) bond motifs is 1. The monoisotopic (exact) mass is 393 g/mol. The minimum atomic E-state index is -0.230. The van der Waals surface area contributed by atoms with Crippen LogP contribution in [0.2, 0.25) is 0 Å². The fraction of sp³-hybridized carbons (Fsp3) is 0.417. The summed E-state index contributed by atoms with van der Waals surface area (Å²) in [5.74, 6) is 0.262. The average molecular weight is 394 g/mol. The van der Waals surface area contributed by atoms with E-state index in [0.29, 0.717) is 13.1 Å². The molecule has 0 saturated heterocycles. The maximum absolute atomic E-state index is 13.1. The number of hydrogen-bond donors (Lipinski definition) is 1. The first kappa shape index (κ1) is 20.9. The van der Waals surface area contributed by atoms with Crippen LogP contribution in [0.25, 0.3) is 0 Å². The third-order valence-electron chi connectivity index (χ3n) is 5.50. The molecular formula is C24H31N3O2. The van der Waals surface area contributed by atoms with Gasteiger partial charge in [0.1, 0.15) is 6.54 Å². The first-order valence-electron chi connectivity index (χ1n) is 10.4. The number of carbonyl (C=O) groups is 2. The predicted molar refractivity (Wildman–Crippen MR) is 117 cm³/mol. The van der Waals surface area contributed by atoms with Gasteiger partial charge in [0, 0.05) is 18.8 Å². The first-order chi connectivity index (χ1) is 13.9. The SMILES string of the molecule is Cc1ccccc1NC(=O)N(CC(=O)N1CCc2ccccc2C1C)CC(C)C. The molecule has 1 N–H and O–H groups in total. The molecule has 2 aromatic rings. The standard InChI is InChI=1S/C24H31N3O2/c1-17(2)15-26(24(29)25-22-12-8-5-9-18(22)3)16-23(28)27-14-13-20-10-6-7-11-21(20)19(27)4/h5-12,17,19H,13-16H2,1-4H3,(H,25,29). The second kappa shape index (κ2) is 9.12. The van der Waals surface area contributed by atoms with E-state index in [1.165, 1.54) is 11.1 Å². The maximum Gasteiger partial charge on any atom is 0.322 e. The largest absolute Gasteiger partial charge is 0.334 e. The topological polar surface area (TPSA) is 52.7 Å². The van der Waals surface area contributed by atoms with Crippen molar-refractivity contribution in [1.82, 2.24) is 9.80 Å². The van der Waals surface area contributed by atoms with Crippen LogP contribution >= 0.6 is 0 Å². The normalized spacial score (nSPS) is 15.8. The summed E-state index contributed by atoms with van der Waals surface area (Å²) in [6.45, 7) is 9.43. The van der Waals surface area contributed by atoms with Gasteiger partial charge in [0.25, 0.3) is 0 Å². The molecule has 5 heteroatoms. The van der Waals surface area contributed by atoms with Gasteiger partial charge in [-0.2, -0.15) is 0 Å². The zero-order valence-electron chi connectivity index (χ0n) is 17.8. The highest BCUT2D eigenvalue weighted by molar-refractivity contribution is 5.93. The van der Waals surface area contributed by atoms with Crippen LogP contribution in [0.1, 0.15) is 43.5 Å². The fourth-order valence-electron chi connectivity index (χ4n) is 3.93. The third-order valence-corrected chi connectivity index (χ3v) is 5.50. The van der Waals surface area contributed by atoms with Gasteiger partial charge in [0.05, 0.1) is 6.04 Å². The van der Waals surface area contributed by atoms with E-state index in [0.717, 1.165) is 17.7 Å². The molecule has 0 fully saturated rings. The van der Waals surface area contributed by atoms with Gasteiger partial charge in [-0.25, -0.2) is 4.79 Å². The number of nitrogens with one attached hydrogen (secondary N) is 1. The van der Waals surface area contributed by atoms with Crippen molar-refractivity contribution in [2.75, 3.05) is 25.0 Å². The number of rotatable bonds is 5. The van der Waals surface area contributed by atoms with Gasteiger partial charge in [0.15, 0.2) is 0 Å². The summed E-state index contributed by atoms with van der Waals surface area (Å²) in [5.41, 5.74) is 4.28. The summed E-state index contributed by atoms with van der Waals surface area (Å²) in [5, 5.41) is 2.97. The molecule has 0 saturated carbocycles. The molecule has 3 rings (SSSR count). The Hall–Kier alpha value is -2.82. The van der Waals surface area contributed by atoms with Crippen molar-refractivity contribution >= 4 is 17.6 Å². The van der Waals surface area contributed by atoms with Gasteiger partial charge < -0.3 is 15.1 Å². The number of hydrogen-bond acceptors (Lipinski definition) is 2. The number of para-hydroxylation sites is 1. The molecule has 154 valence electrons. The second-order valence-electron chi connectivity index (χ2n) is 8.23. The molecule has 1 heterocycles. The zero-order valence-corrected chi connectivity index (χ0v) is 17.8. The molecule has 5 nitrogen and oxygen atoms in total. The van der Waals surface area contributed by atoms with E-state index in [2.05, 4.69) is 38.2 Å². The number of anilines is 1. The third kappa shape index (κ3) is 4.97. The van der Waals surface area contributed by atoms with Crippen molar-refractivity contribution in [3.05, 3.63) is 65.2 Å². The molecule has 1 aliphatic rings. The van der Waals surface area contributed by atoms with Gasteiger partial charge in [-0.05, 0) is 48.9 Å². The summed E-state index contributed by atoms with van der Waals surface area (Å²) in [4.78, 5) is 29.6. The Labute approximate surface area is 173 Å². The average Bonchev–Trinajstić information content (AvgIpc) is 2.69. The second-order valence-corrected chi connectivity index (χ2v) is 8.23. The lowest BCUT2D eigenvalue weighted by atomic mass is 9.93. The van der Waals surface area contributed by atoms with Crippen LogP contribution in [0.4, 0.5) is 10.5 Å². The molecule has 0 aliphatic carbocycles. The van der Waals surface area contributed by atoms with E-state index in [9.17, 15) is 9.59 Å². The Morgan fingerprint density at radius 3 is 2.55 bits per heavy atom. The Morgan fingerprint density at radius 2 is 1.83 bits per heavy atom. The lowest BCUT2D eigenvalue weighted by Gasteiger charge is -2.37. The molecule has 0 bridgehead atoms. The number of urea groups is 1. The Kier molecular flexibility index (Phi) is 6.57. The quantitative estimate of drug-likeness (QED) is 0.805. The molecule has 1 atom stereocenters. The van der Waals surface area contributed by atoms with Crippen LogP contribution in [0.15, 0.2) is 48.5 Å². The highest BCUT2D eigenvalue weighted by Crippen LogP contribution is 2.29. The number of amides is 3. The zero-order chi connectivity index (χ0) is 21.0. The summed E-state index contributed by atoms with van der Waals surface area (Å²) >= 11 is 0. The molecule has 3 amide bonds. The molecule has 1 unspecified atom stereocenters. The van der Waals surface area contributed by atoms with E-state index in [1.54, 1.807) is 4.90 Å². The summed E-state index contributed by atoms with van der Waals surface area (Å²) in [6.07, 6.45) is 0.853. The van der Waals surface area contributed by atoms with Gasteiger partial charge >= 0.3 is 6.03 Å². The van der Waals surface area contributed by atoms with Gasteiger partial charge in [-0.15, -0.1) is 0 Å². The first-order valence-corrected chi connectivity index (χ1v) is 10.4. The van der Waals surface area contributed by atoms with Crippen molar-refractivity contribution < 1.29 is 9.59 Å². The highest BCUT2D eigenvalue weighted by Gasteiger charge is 2.29. The number of carbonyl (C=O) groups excluding carboxylic acids is 2. The van der Waals surface area contributed by atoms with E-state index in [4.69, 9.17) is 0 Å². The molecule has 0 spiro atoms. The predicted octanol–water partition coefficient (Wildman–Crippen LogP) is 4.63. The van der Waals surface area contributed by atoms with Crippen LogP contribution < -0.4 is 5.32 Å². The lowest BCUT2D eigenvalue weighted by Crippen LogP contribution is -2.48. The smallest absolute Gasteiger partial charge is 0.322 e. The van der Waals surface area contributed by atoms with Gasteiger partial charge in [0.2, 0.25) is 5.91 Å². The van der Waals surface area contributed by atoms with Crippen LogP contribution in [0.3, 0.4) is 0 Å². The minimum absolute atomic E-state index is 0.00686. The van der Waals surface area contributed by atoms with E-state index in [-0.39, 0.29) is 30.4 Å². The van der Waals surface area contributed by atoms with E-state index >= 15 is 0 Å². The Morgan fingerprint density at radius 1 is 1.14 bits per heavy atom. The van der Waals surface area contributed by atoms with Crippen molar-refractivity contribution in [3.8, 4) is 0 Å². The number of benzene rings is 2. The van der Waals surface area contributed by atoms with Crippen LogP contribution in [-0.2, 0) is 11.2 Å². The van der Waals surface area contributed by atoms with Crippen LogP contribution in [-0.4, -0.2) is 41.4 Å². The molecule has 2 aromatic carbocycles. The highest BCUT2D eigenvalue weighted by atomic mass is 16.2. The fourth-order valence-corrected chi connectivity index (χ4v) is 3.93. The molecule has 29 heavy (non-hydrogen) atoms. The summed E-state index contributed by atoms with van der Waals surface area (Å²) in [6, 6.07) is 15.8. The van der Waals surface area contributed by atoms with Crippen LogP contribution in [0, 0.1) is 12.8 Å². The molecule has 0 aromatic heterocycles. The minimum Gasteiger partial charge on any atom is -0.334 e. The molecule has 0 radical (unpaired) electrons. The van der Waals surface area contributed by atoms with Crippen LogP contribution in [0.5, 0.6) is 0 Å². The van der Waals surface area contributed by atoms with Crippen molar-refractivity contribution in [3.63, 3.8) is 0 Å². The van der Waals surface area contributed by atoms with E-state index < -0.39 is 0 Å². The van der Waals surface area contributed by atoms with Crippen molar-refractivity contribution in [2.45, 2.75) is 40.2 Å². The number of nitrogens with zero attached hydrogens (tertiary/aromatic N) is 2. The summed E-state index contributed by atoms with van der Waals surface area (Å²) in [7, 11) is 0. The Bertz CT molecular complexity index is 878. The van der Waals surface area contributed by atoms with Crippen molar-refractivity contribution in [2.24, 2.45) is 5.92 Å². The van der Waals surface area contributed by atoms with E-state index in [1.807, 2.05) is 48.2 Å². The van der Waals surface area contributed by atoms with Gasteiger partial charge in [-0.1, -0.05) is 56.3 Å². The number of aryl methyl sites for hydroxylation is 1. The van der Waals surface area contributed by atoms with Gasteiger partial charge in [-0.3, -0.25) is 4.79 Å².